The summed E-state index contributed by atoms with van der Waals surface area (Å²) in [7, 11) is 0. The number of carbonyl (C=O) groups excluding carboxylic acids is 1. The minimum atomic E-state index is -1.14. The van der Waals surface area contributed by atoms with Crippen molar-refractivity contribution in [3.8, 4) is 0 Å². The molecule has 0 N–H and O–H groups in total. The van der Waals surface area contributed by atoms with Crippen LogP contribution in [0.15, 0.2) is 24.3 Å². The molecular weight excluding hydrogens is 220 g/mol. The van der Waals surface area contributed by atoms with Crippen LogP contribution in [0.25, 0.3) is 0 Å². The second kappa shape index (κ2) is 3.72. The summed E-state index contributed by atoms with van der Waals surface area (Å²) in [4.78, 5) is 10.6. The number of carbonyl (C=O) groups is 1. The molecule has 3 heteroatoms. The molecule has 0 aliphatic heterocycles. The zero-order chi connectivity index (χ0) is 9.14. The molecule has 0 aliphatic rings. The molecule has 0 fully saturated rings. The fourth-order valence-corrected chi connectivity index (χ4v) is 1.19. The number of benzene rings is 1. The predicted octanol–water partition coefficient (Wildman–Crippen LogP) is 1.51. The smallest absolute Gasteiger partial charge is 0.0715 e. The summed E-state index contributed by atoms with van der Waals surface area (Å²) >= 11 is 3.38. The molecule has 0 saturated carbocycles. The van der Waals surface area contributed by atoms with Gasteiger partial charge in [0.2, 0.25) is 0 Å². The molecule has 1 rings (SSSR count). The van der Waals surface area contributed by atoms with Crippen LogP contribution < -0.4 is 5.11 Å². The SMILES string of the molecule is C[C@@H](Br)c1ccc(C(=O)[O-])cc1. The Morgan fingerprint density at radius 2 is 1.92 bits per heavy atom. The lowest BCUT2D eigenvalue weighted by molar-refractivity contribution is -0.255. The third-order valence-electron chi connectivity index (χ3n) is 1.61. The van der Waals surface area contributed by atoms with E-state index in [0.717, 1.165) is 5.56 Å². The molecule has 0 bridgehead atoms. The summed E-state index contributed by atoms with van der Waals surface area (Å²) in [5.41, 5.74) is 1.27. The quantitative estimate of drug-likeness (QED) is 0.719. The van der Waals surface area contributed by atoms with Crippen molar-refractivity contribution in [1.82, 2.24) is 0 Å². The van der Waals surface area contributed by atoms with Gasteiger partial charge in [-0.1, -0.05) is 40.2 Å². The van der Waals surface area contributed by atoms with Crippen LogP contribution >= 0.6 is 15.9 Å². The number of hydrogen-bond donors (Lipinski definition) is 0. The van der Waals surface area contributed by atoms with E-state index in [1.807, 2.05) is 6.92 Å². The largest absolute Gasteiger partial charge is 0.545 e. The number of rotatable bonds is 2. The highest BCUT2D eigenvalue weighted by molar-refractivity contribution is 9.09. The Bertz CT molecular complexity index is 277. The van der Waals surface area contributed by atoms with Gasteiger partial charge in [-0.15, -0.1) is 0 Å². The summed E-state index contributed by atoms with van der Waals surface area (Å²) in [6.07, 6.45) is 0. The summed E-state index contributed by atoms with van der Waals surface area (Å²) in [5.74, 6) is -1.14. The molecule has 1 aromatic rings. The molecule has 1 aromatic carbocycles. The van der Waals surface area contributed by atoms with Gasteiger partial charge in [0.15, 0.2) is 0 Å². The fraction of sp³-hybridized carbons (Fsp3) is 0.222. The predicted molar refractivity (Wildman–Crippen MR) is 48.1 cm³/mol. The van der Waals surface area contributed by atoms with Crippen LogP contribution in [-0.4, -0.2) is 5.97 Å². The van der Waals surface area contributed by atoms with Crippen LogP contribution in [0.5, 0.6) is 0 Å². The molecule has 0 unspecified atom stereocenters. The van der Waals surface area contributed by atoms with E-state index in [1.165, 1.54) is 0 Å². The van der Waals surface area contributed by atoms with Gasteiger partial charge in [-0.2, -0.15) is 0 Å². The normalized spacial score (nSPS) is 12.5. The van der Waals surface area contributed by atoms with Gasteiger partial charge in [0.05, 0.1) is 5.97 Å². The maximum Gasteiger partial charge on any atom is 0.0715 e. The molecule has 0 aromatic heterocycles. The lowest BCUT2D eigenvalue weighted by Gasteiger charge is -2.05. The van der Waals surface area contributed by atoms with Crippen molar-refractivity contribution < 1.29 is 9.90 Å². The van der Waals surface area contributed by atoms with E-state index in [0.29, 0.717) is 0 Å². The van der Waals surface area contributed by atoms with Crippen molar-refractivity contribution in [3.05, 3.63) is 35.4 Å². The molecule has 1 atom stereocenters. The molecule has 0 heterocycles. The number of alkyl halides is 1. The van der Waals surface area contributed by atoms with Gasteiger partial charge in [0.25, 0.3) is 0 Å². The number of carboxylic acids is 1. The van der Waals surface area contributed by atoms with Crippen LogP contribution in [-0.2, 0) is 0 Å². The van der Waals surface area contributed by atoms with Gasteiger partial charge < -0.3 is 9.90 Å². The summed E-state index contributed by atoms with van der Waals surface area (Å²) in [6.45, 7) is 1.98. The van der Waals surface area contributed by atoms with Crippen molar-refractivity contribution in [2.24, 2.45) is 0 Å². The Morgan fingerprint density at radius 1 is 1.42 bits per heavy atom. The Morgan fingerprint density at radius 3 is 2.25 bits per heavy atom. The van der Waals surface area contributed by atoms with Crippen LogP contribution in [0.1, 0.15) is 27.7 Å². The summed E-state index contributed by atoms with van der Waals surface area (Å²) < 4.78 is 0. The van der Waals surface area contributed by atoms with Crippen LogP contribution in [0.3, 0.4) is 0 Å². The van der Waals surface area contributed by atoms with Gasteiger partial charge >= 0.3 is 0 Å². The van der Waals surface area contributed by atoms with Gasteiger partial charge in [-0.3, -0.25) is 0 Å². The van der Waals surface area contributed by atoms with E-state index in [1.54, 1.807) is 24.3 Å². The molecule has 0 spiro atoms. The minimum absolute atomic E-state index is 0.215. The topological polar surface area (TPSA) is 40.1 Å². The maximum absolute atomic E-state index is 10.4. The molecule has 64 valence electrons. The highest BCUT2D eigenvalue weighted by Gasteiger charge is 1.99. The lowest BCUT2D eigenvalue weighted by Crippen LogP contribution is -2.21. The first-order valence-electron chi connectivity index (χ1n) is 3.56. The Hall–Kier alpha value is -0.830. The van der Waals surface area contributed by atoms with Crippen molar-refractivity contribution in [3.63, 3.8) is 0 Å². The van der Waals surface area contributed by atoms with Crippen LogP contribution in [0.4, 0.5) is 0 Å². The fourth-order valence-electron chi connectivity index (χ4n) is 0.884. The number of aromatic carboxylic acids is 1. The standard InChI is InChI=1S/C9H9BrO2/c1-6(10)7-2-4-8(5-3-7)9(11)12/h2-6H,1H3,(H,11,12)/p-1/t6-/m1/s1. The first-order chi connectivity index (χ1) is 5.61. The van der Waals surface area contributed by atoms with Crippen LogP contribution in [0, 0.1) is 0 Å². The first kappa shape index (κ1) is 9.26. The summed E-state index contributed by atoms with van der Waals surface area (Å²) in [6, 6.07) is 6.62. The Balaban J connectivity index is 2.93. The van der Waals surface area contributed by atoms with Crippen molar-refractivity contribution >= 4 is 21.9 Å². The zero-order valence-electron chi connectivity index (χ0n) is 6.58. The second-order valence-electron chi connectivity index (χ2n) is 2.53. The van der Waals surface area contributed by atoms with E-state index in [-0.39, 0.29) is 10.4 Å². The van der Waals surface area contributed by atoms with Gasteiger partial charge in [-0.05, 0) is 18.1 Å². The highest BCUT2D eigenvalue weighted by atomic mass is 79.9. The van der Waals surface area contributed by atoms with Gasteiger partial charge in [0.1, 0.15) is 0 Å². The van der Waals surface area contributed by atoms with E-state index in [2.05, 4.69) is 15.9 Å². The molecule has 12 heavy (non-hydrogen) atoms. The van der Waals surface area contributed by atoms with E-state index < -0.39 is 5.97 Å². The van der Waals surface area contributed by atoms with Crippen LogP contribution in [0.2, 0.25) is 0 Å². The Kier molecular flexibility index (Phi) is 2.87. The molecular formula is C9H8BrO2-. The molecule has 2 nitrogen and oxygen atoms in total. The number of halogens is 1. The Labute approximate surface area is 79.3 Å². The lowest BCUT2D eigenvalue weighted by atomic mass is 10.1. The minimum Gasteiger partial charge on any atom is -0.545 e. The van der Waals surface area contributed by atoms with E-state index in [9.17, 15) is 9.90 Å². The monoisotopic (exact) mass is 227 g/mol. The molecule has 0 amide bonds. The van der Waals surface area contributed by atoms with Crippen molar-refractivity contribution in [2.45, 2.75) is 11.8 Å². The average molecular weight is 228 g/mol. The first-order valence-corrected chi connectivity index (χ1v) is 4.48. The van der Waals surface area contributed by atoms with E-state index >= 15 is 0 Å². The highest BCUT2D eigenvalue weighted by Crippen LogP contribution is 2.21. The third kappa shape index (κ3) is 2.08. The third-order valence-corrected chi connectivity index (χ3v) is 2.13. The molecule has 0 saturated heterocycles. The zero-order valence-corrected chi connectivity index (χ0v) is 8.17. The van der Waals surface area contributed by atoms with Gasteiger partial charge in [-0.25, -0.2) is 0 Å². The number of carboxylic acid groups (broad SMARTS) is 1. The molecule has 0 aliphatic carbocycles. The van der Waals surface area contributed by atoms with Crippen molar-refractivity contribution in [1.29, 1.82) is 0 Å². The van der Waals surface area contributed by atoms with Crippen molar-refractivity contribution in [2.75, 3.05) is 0 Å². The van der Waals surface area contributed by atoms with Gasteiger partial charge in [0, 0.05) is 4.83 Å². The average Bonchev–Trinajstić information content (AvgIpc) is 2.04. The number of hydrogen-bond acceptors (Lipinski definition) is 2. The summed E-state index contributed by atoms with van der Waals surface area (Å²) in [5, 5.41) is 10.4. The second-order valence-corrected chi connectivity index (χ2v) is 3.90. The van der Waals surface area contributed by atoms with E-state index in [4.69, 9.17) is 0 Å². The molecule has 0 radical (unpaired) electrons. The maximum atomic E-state index is 10.4.